The zero-order chi connectivity index (χ0) is 21.1. The molecule has 2 heterocycles. The van der Waals surface area contributed by atoms with Gasteiger partial charge < -0.3 is 8.94 Å². The zero-order valence-electron chi connectivity index (χ0n) is 16.3. The summed E-state index contributed by atoms with van der Waals surface area (Å²) < 4.78 is 11.0. The van der Waals surface area contributed by atoms with Crippen molar-refractivity contribution in [2.45, 2.75) is 13.8 Å². The van der Waals surface area contributed by atoms with Gasteiger partial charge in [0.1, 0.15) is 28.5 Å². The Morgan fingerprint density at radius 3 is 2.63 bits per heavy atom. The van der Waals surface area contributed by atoms with Crippen molar-refractivity contribution in [3.8, 4) is 22.6 Å². The topological polar surface area (TPSA) is 80.6 Å². The summed E-state index contributed by atoms with van der Waals surface area (Å²) in [5.74, 6) is 1.15. The fourth-order valence-electron chi connectivity index (χ4n) is 2.97. The number of halogens is 1. The number of benzene rings is 2. The molecule has 0 radical (unpaired) electrons. The lowest BCUT2D eigenvalue weighted by Crippen LogP contribution is -2.18. The van der Waals surface area contributed by atoms with Gasteiger partial charge in [-0.25, -0.2) is 5.43 Å². The molecule has 0 spiro atoms. The Balaban J connectivity index is 1.48. The Bertz CT molecular complexity index is 1230. The highest BCUT2D eigenvalue weighted by molar-refractivity contribution is 6.31. The van der Waals surface area contributed by atoms with E-state index in [0.29, 0.717) is 33.6 Å². The summed E-state index contributed by atoms with van der Waals surface area (Å²) in [5.41, 5.74) is 5.96. The van der Waals surface area contributed by atoms with E-state index in [4.69, 9.17) is 20.5 Å². The van der Waals surface area contributed by atoms with E-state index in [1.54, 1.807) is 13.0 Å². The standard InChI is InChI=1S/C23H18ClN3O3/c1-14-8-9-17(12-19(14)24)20-11-10-18(29-20)13-25-26-23(28)21-15(2)30-27-22(21)16-6-4-3-5-7-16/h3-13H,1-2H3,(H,26,28)/b25-13-. The van der Waals surface area contributed by atoms with Crippen LogP contribution in [0.5, 0.6) is 0 Å². The van der Waals surface area contributed by atoms with Crippen LogP contribution in [0.2, 0.25) is 5.02 Å². The summed E-state index contributed by atoms with van der Waals surface area (Å²) in [7, 11) is 0. The van der Waals surface area contributed by atoms with Gasteiger partial charge in [-0.2, -0.15) is 5.10 Å². The highest BCUT2D eigenvalue weighted by Crippen LogP contribution is 2.27. The molecule has 0 aliphatic heterocycles. The van der Waals surface area contributed by atoms with Gasteiger partial charge in [0.15, 0.2) is 0 Å². The minimum atomic E-state index is -0.416. The van der Waals surface area contributed by atoms with Crippen LogP contribution >= 0.6 is 11.6 Å². The summed E-state index contributed by atoms with van der Waals surface area (Å²) in [6.45, 7) is 3.62. The van der Waals surface area contributed by atoms with Crippen LogP contribution < -0.4 is 5.43 Å². The van der Waals surface area contributed by atoms with E-state index in [9.17, 15) is 4.79 Å². The number of hydrogen-bond acceptors (Lipinski definition) is 5. The van der Waals surface area contributed by atoms with Crippen LogP contribution in [0.1, 0.15) is 27.4 Å². The molecule has 4 rings (SSSR count). The van der Waals surface area contributed by atoms with Crippen LogP contribution in [0.25, 0.3) is 22.6 Å². The SMILES string of the molecule is Cc1ccc(-c2ccc(/C=N\NC(=O)c3c(-c4ccccc4)noc3C)o2)cc1Cl. The van der Waals surface area contributed by atoms with Crippen molar-refractivity contribution in [1.29, 1.82) is 0 Å². The third-order valence-corrected chi connectivity index (χ3v) is 4.99. The summed E-state index contributed by atoms with van der Waals surface area (Å²) in [4.78, 5) is 12.6. The molecule has 6 nitrogen and oxygen atoms in total. The lowest BCUT2D eigenvalue weighted by molar-refractivity contribution is 0.0954. The first-order valence-electron chi connectivity index (χ1n) is 9.24. The van der Waals surface area contributed by atoms with Gasteiger partial charge in [0.2, 0.25) is 0 Å². The van der Waals surface area contributed by atoms with Crippen molar-refractivity contribution in [3.05, 3.63) is 88.3 Å². The molecule has 7 heteroatoms. The molecular weight excluding hydrogens is 402 g/mol. The first-order chi connectivity index (χ1) is 14.5. The van der Waals surface area contributed by atoms with Crippen LogP contribution in [0, 0.1) is 13.8 Å². The van der Waals surface area contributed by atoms with E-state index in [1.807, 2.05) is 61.5 Å². The van der Waals surface area contributed by atoms with Gasteiger partial charge in [-0.15, -0.1) is 0 Å². The molecule has 0 bridgehead atoms. The quantitative estimate of drug-likeness (QED) is 0.335. The third-order valence-electron chi connectivity index (χ3n) is 4.58. The van der Waals surface area contributed by atoms with Gasteiger partial charge >= 0.3 is 0 Å². The Morgan fingerprint density at radius 1 is 1.07 bits per heavy atom. The summed E-state index contributed by atoms with van der Waals surface area (Å²) in [5, 5.41) is 8.68. The van der Waals surface area contributed by atoms with Gasteiger partial charge in [0.25, 0.3) is 5.91 Å². The number of hydrogen-bond donors (Lipinski definition) is 1. The monoisotopic (exact) mass is 419 g/mol. The highest BCUT2D eigenvalue weighted by atomic mass is 35.5. The number of aryl methyl sites for hydroxylation is 2. The number of nitrogens with zero attached hydrogens (tertiary/aromatic N) is 2. The maximum Gasteiger partial charge on any atom is 0.277 e. The van der Waals surface area contributed by atoms with Crippen molar-refractivity contribution in [2.75, 3.05) is 0 Å². The first kappa shape index (κ1) is 19.7. The number of furan rings is 1. The first-order valence-corrected chi connectivity index (χ1v) is 9.62. The van der Waals surface area contributed by atoms with Crippen molar-refractivity contribution >= 4 is 23.7 Å². The molecule has 30 heavy (non-hydrogen) atoms. The van der Waals surface area contributed by atoms with Gasteiger partial charge in [-0.05, 0) is 37.6 Å². The second-order valence-electron chi connectivity index (χ2n) is 6.69. The van der Waals surface area contributed by atoms with Crippen molar-refractivity contribution in [1.82, 2.24) is 10.6 Å². The van der Waals surface area contributed by atoms with E-state index >= 15 is 0 Å². The van der Waals surface area contributed by atoms with Crippen LogP contribution in [-0.2, 0) is 0 Å². The van der Waals surface area contributed by atoms with E-state index in [2.05, 4.69) is 15.7 Å². The molecule has 0 aliphatic carbocycles. The molecule has 0 aliphatic rings. The predicted octanol–water partition coefficient (Wildman–Crippen LogP) is 5.64. The minimum Gasteiger partial charge on any atom is -0.455 e. The Kier molecular flexibility index (Phi) is 5.50. The number of rotatable bonds is 5. The van der Waals surface area contributed by atoms with Crippen LogP contribution in [0.15, 0.2) is 74.7 Å². The van der Waals surface area contributed by atoms with Crippen LogP contribution in [-0.4, -0.2) is 17.3 Å². The van der Waals surface area contributed by atoms with E-state index in [1.165, 1.54) is 6.21 Å². The van der Waals surface area contributed by atoms with E-state index in [0.717, 1.165) is 16.7 Å². The average Bonchev–Trinajstić information content (AvgIpc) is 3.37. The van der Waals surface area contributed by atoms with Crippen LogP contribution in [0.4, 0.5) is 0 Å². The summed E-state index contributed by atoms with van der Waals surface area (Å²) in [6, 6.07) is 18.6. The molecule has 1 amide bonds. The van der Waals surface area contributed by atoms with Crippen molar-refractivity contribution < 1.29 is 13.7 Å². The molecule has 4 aromatic rings. The molecule has 0 saturated heterocycles. The maximum atomic E-state index is 12.6. The lowest BCUT2D eigenvalue weighted by Gasteiger charge is -2.01. The number of aromatic nitrogens is 1. The number of hydrazone groups is 1. The largest absolute Gasteiger partial charge is 0.455 e. The summed E-state index contributed by atoms with van der Waals surface area (Å²) in [6.07, 6.45) is 1.43. The molecule has 2 aromatic heterocycles. The lowest BCUT2D eigenvalue weighted by atomic mass is 10.1. The predicted molar refractivity (Wildman–Crippen MR) is 116 cm³/mol. The highest BCUT2D eigenvalue weighted by Gasteiger charge is 2.21. The van der Waals surface area contributed by atoms with Gasteiger partial charge in [-0.1, -0.05) is 59.2 Å². The fraction of sp³-hybridized carbons (Fsp3) is 0.0870. The van der Waals surface area contributed by atoms with E-state index < -0.39 is 5.91 Å². The Morgan fingerprint density at radius 2 is 1.87 bits per heavy atom. The molecule has 0 saturated carbocycles. The molecule has 0 fully saturated rings. The third kappa shape index (κ3) is 4.04. The fourth-order valence-corrected chi connectivity index (χ4v) is 3.15. The summed E-state index contributed by atoms with van der Waals surface area (Å²) >= 11 is 6.18. The molecule has 0 unspecified atom stereocenters. The molecular formula is C23H18ClN3O3. The second-order valence-corrected chi connectivity index (χ2v) is 7.10. The average molecular weight is 420 g/mol. The Labute approximate surface area is 178 Å². The van der Waals surface area contributed by atoms with E-state index in [-0.39, 0.29) is 0 Å². The number of carbonyl (C=O) groups excluding carboxylic acids is 1. The van der Waals surface area contributed by atoms with Gasteiger partial charge in [0, 0.05) is 16.1 Å². The molecule has 1 N–H and O–H groups in total. The van der Waals surface area contributed by atoms with Crippen molar-refractivity contribution in [3.63, 3.8) is 0 Å². The van der Waals surface area contributed by atoms with Crippen molar-refractivity contribution in [2.24, 2.45) is 5.10 Å². The second kappa shape index (κ2) is 8.39. The Hall–Kier alpha value is -3.64. The number of nitrogens with one attached hydrogen (secondary N) is 1. The molecule has 2 aromatic carbocycles. The van der Waals surface area contributed by atoms with Crippen LogP contribution in [0.3, 0.4) is 0 Å². The maximum absolute atomic E-state index is 12.6. The number of amides is 1. The van der Waals surface area contributed by atoms with Gasteiger partial charge in [-0.3, -0.25) is 4.79 Å². The molecule has 150 valence electrons. The number of carbonyl (C=O) groups is 1. The normalized spacial score (nSPS) is 11.2. The smallest absolute Gasteiger partial charge is 0.277 e. The van der Waals surface area contributed by atoms with Gasteiger partial charge in [0.05, 0.1) is 6.21 Å². The zero-order valence-corrected chi connectivity index (χ0v) is 17.1. The molecule has 0 atom stereocenters. The minimum absolute atomic E-state index is 0.341.